The minimum absolute atomic E-state index is 0.359. The molecule has 0 atom stereocenters. The fourth-order valence-electron chi connectivity index (χ4n) is 3.35. The Kier molecular flexibility index (Phi) is 6.07. The lowest BCUT2D eigenvalue weighted by Crippen LogP contribution is -2.14. The molecule has 0 saturated carbocycles. The number of hydrogen-bond donors (Lipinski definition) is 0. The molecule has 0 N–H and O–H groups in total. The summed E-state index contributed by atoms with van der Waals surface area (Å²) < 4.78 is 7.25. The minimum Gasteiger partial charge on any atom is -0.497 e. The summed E-state index contributed by atoms with van der Waals surface area (Å²) in [6.07, 6.45) is 0. The first-order valence-electron chi connectivity index (χ1n) is 9.73. The zero-order valence-electron chi connectivity index (χ0n) is 17.4. The number of halogens is 1. The molecule has 0 bridgehead atoms. The van der Waals surface area contributed by atoms with Crippen molar-refractivity contribution in [2.24, 2.45) is 12.0 Å². The highest BCUT2D eigenvalue weighted by Gasteiger charge is 2.17. The van der Waals surface area contributed by atoms with Crippen molar-refractivity contribution in [3.8, 4) is 27.4 Å². The van der Waals surface area contributed by atoms with E-state index in [1.54, 1.807) is 19.2 Å². The Morgan fingerprint density at radius 2 is 1.71 bits per heavy atom. The van der Waals surface area contributed by atoms with E-state index in [2.05, 4.69) is 17.1 Å². The van der Waals surface area contributed by atoms with E-state index in [0.29, 0.717) is 15.4 Å². The molecule has 1 aromatic heterocycles. The van der Waals surface area contributed by atoms with Gasteiger partial charge in [-0.3, -0.25) is 4.79 Å². The van der Waals surface area contributed by atoms with Crippen molar-refractivity contribution < 1.29 is 9.53 Å². The third kappa shape index (κ3) is 4.33. The molecule has 3 aromatic carbocycles. The highest BCUT2D eigenvalue weighted by Crippen LogP contribution is 2.35. The van der Waals surface area contributed by atoms with Gasteiger partial charge in [-0.1, -0.05) is 59.3 Å². The third-order valence-electron chi connectivity index (χ3n) is 4.98. The number of ether oxygens (including phenoxy) is 1. The summed E-state index contributed by atoms with van der Waals surface area (Å²) in [5.74, 6) is 0.430. The van der Waals surface area contributed by atoms with Crippen LogP contribution in [0.25, 0.3) is 21.7 Å². The van der Waals surface area contributed by atoms with E-state index in [1.165, 1.54) is 11.3 Å². The smallest absolute Gasteiger partial charge is 0.281 e. The van der Waals surface area contributed by atoms with Crippen LogP contribution in [0.4, 0.5) is 0 Å². The fourth-order valence-corrected chi connectivity index (χ4v) is 4.81. The molecule has 156 valence electrons. The van der Waals surface area contributed by atoms with Gasteiger partial charge in [0, 0.05) is 7.05 Å². The molecule has 31 heavy (non-hydrogen) atoms. The highest BCUT2D eigenvalue weighted by atomic mass is 35.5. The summed E-state index contributed by atoms with van der Waals surface area (Å²) in [5, 5.41) is 0.409. The first-order chi connectivity index (χ1) is 15.0. The second-order valence-electron chi connectivity index (χ2n) is 7.12. The van der Waals surface area contributed by atoms with Crippen LogP contribution in [-0.2, 0) is 7.05 Å². The average molecular weight is 449 g/mol. The maximum atomic E-state index is 12.9. The average Bonchev–Trinajstić information content (AvgIpc) is 3.10. The molecule has 4 nitrogen and oxygen atoms in total. The number of aromatic nitrogens is 1. The van der Waals surface area contributed by atoms with E-state index in [1.807, 2.05) is 67.1 Å². The van der Waals surface area contributed by atoms with Crippen LogP contribution in [0.5, 0.6) is 5.75 Å². The second kappa shape index (κ2) is 8.92. The van der Waals surface area contributed by atoms with E-state index in [4.69, 9.17) is 16.3 Å². The number of amides is 1. The number of carbonyl (C=O) groups excluding carboxylic acids is 1. The SMILES string of the molecule is COc1ccc(-c2c(-c3ccccc3)sc(=NC(=O)c3ccc(C)cc3Cl)n2C)cc1. The van der Waals surface area contributed by atoms with Crippen molar-refractivity contribution in [2.75, 3.05) is 7.11 Å². The van der Waals surface area contributed by atoms with Crippen molar-refractivity contribution in [1.82, 2.24) is 4.57 Å². The topological polar surface area (TPSA) is 43.6 Å². The standard InChI is InChI=1S/C25H21ClN2O2S/c1-16-9-14-20(21(26)15-16)24(29)27-25-28(2)22(17-10-12-19(30-3)13-11-17)23(31-25)18-7-5-4-6-8-18/h4-15H,1-3H3. The third-order valence-corrected chi connectivity index (χ3v) is 6.48. The number of aryl methyl sites for hydroxylation is 1. The summed E-state index contributed by atoms with van der Waals surface area (Å²) in [4.78, 5) is 19.0. The fraction of sp³-hybridized carbons (Fsp3) is 0.120. The summed E-state index contributed by atoms with van der Waals surface area (Å²) in [7, 11) is 3.57. The first-order valence-corrected chi connectivity index (χ1v) is 10.9. The molecule has 1 heterocycles. The second-order valence-corrected chi connectivity index (χ2v) is 8.50. The predicted molar refractivity (Wildman–Crippen MR) is 127 cm³/mol. The van der Waals surface area contributed by atoms with E-state index >= 15 is 0 Å². The maximum absolute atomic E-state index is 12.9. The van der Waals surface area contributed by atoms with Gasteiger partial charge in [0.25, 0.3) is 5.91 Å². The van der Waals surface area contributed by atoms with Crippen molar-refractivity contribution in [3.63, 3.8) is 0 Å². The van der Waals surface area contributed by atoms with Crippen molar-refractivity contribution in [3.05, 3.63) is 93.7 Å². The number of carbonyl (C=O) groups is 1. The van der Waals surface area contributed by atoms with Gasteiger partial charge >= 0.3 is 0 Å². The van der Waals surface area contributed by atoms with Crippen LogP contribution in [0.3, 0.4) is 0 Å². The molecule has 4 aromatic rings. The lowest BCUT2D eigenvalue weighted by atomic mass is 10.1. The van der Waals surface area contributed by atoms with E-state index in [0.717, 1.165) is 33.0 Å². The number of benzene rings is 3. The van der Waals surface area contributed by atoms with Gasteiger partial charge in [0.15, 0.2) is 4.80 Å². The van der Waals surface area contributed by atoms with Gasteiger partial charge in [-0.15, -0.1) is 0 Å². The van der Waals surface area contributed by atoms with Gasteiger partial charge in [-0.25, -0.2) is 0 Å². The van der Waals surface area contributed by atoms with Crippen LogP contribution >= 0.6 is 22.9 Å². The minimum atomic E-state index is -0.359. The molecule has 0 unspecified atom stereocenters. The number of rotatable bonds is 4. The normalized spacial score (nSPS) is 11.5. The summed E-state index contributed by atoms with van der Waals surface area (Å²) in [5.41, 5.74) is 4.46. The number of thiazole rings is 1. The first kappa shape index (κ1) is 21.1. The van der Waals surface area contributed by atoms with E-state index < -0.39 is 0 Å². The zero-order valence-corrected chi connectivity index (χ0v) is 19.0. The Balaban J connectivity index is 1.89. The van der Waals surface area contributed by atoms with Gasteiger partial charge in [-0.05, 0) is 60.0 Å². The van der Waals surface area contributed by atoms with Crippen LogP contribution in [-0.4, -0.2) is 17.6 Å². The van der Waals surface area contributed by atoms with E-state index in [9.17, 15) is 4.79 Å². The molecule has 0 aliphatic carbocycles. The highest BCUT2D eigenvalue weighted by molar-refractivity contribution is 7.13. The molecule has 0 radical (unpaired) electrons. The van der Waals surface area contributed by atoms with Gasteiger partial charge in [0.1, 0.15) is 5.75 Å². The van der Waals surface area contributed by atoms with Crippen LogP contribution in [0.15, 0.2) is 77.8 Å². The van der Waals surface area contributed by atoms with Crippen LogP contribution < -0.4 is 9.54 Å². The number of hydrogen-bond acceptors (Lipinski definition) is 3. The Morgan fingerprint density at radius 1 is 1.00 bits per heavy atom. The van der Waals surface area contributed by atoms with Crippen molar-refractivity contribution in [2.45, 2.75) is 6.92 Å². The zero-order chi connectivity index (χ0) is 22.0. The summed E-state index contributed by atoms with van der Waals surface area (Å²) in [6, 6.07) is 23.3. The maximum Gasteiger partial charge on any atom is 0.281 e. The molecular weight excluding hydrogens is 428 g/mol. The van der Waals surface area contributed by atoms with Gasteiger partial charge in [0.05, 0.1) is 28.3 Å². The molecule has 0 fully saturated rings. The molecule has 4 rings (SSSR count). The Hall–Kier alpha value is -3.15. The Bertz CT molecular complexity index is 1310. The molecule has 0 spiro atoms. The number of methoxy groups -OCH3 is 1. The van der Waals surface area contributed by atoms with Gasteiger partial charge in [0.2, 0.25) is 0 Å². The lowest BCUT2D eigenvalue weighted by molar-refractivity contribution is 0.0998. The molecule has 0 saturated heterocycles. The monoisotopic (exact) mass is 448 g/mol. The molecule has 0 aliphatic rings. The predicted octanol–water partition coefficient (Wildman–Crippen LogP) is 6.13. The largest absolute Gasteiger partial charge is 0.497 e. The molecule has 6 heteroatoms. The van der Waals surface area contributed by atoms with Crippen LogP contribution in [0.1, 0.15) is 15.9 Å². The number of nitrogens with zero attached hydrogens (tertiary/aromatic N) is 2. The van der Waals surface area contributed by atoms with E-state index in [-0.39, 0.29) is 5.91 Å². The Morgan fingerprint density at radius 3 is 2.35 bits per heavy atom. The van der Waals surface area contributed by atoms with Crippen LogP contribution in [0, 0.1) is 6.92 Å². The lowest BCUT2D eigenvalue weighted by Gasteiger charge is -2.08. The Labute approximate surface area is 190 Å². The quantitative estimate of drug-likeness (QED) is 0.376. The van der Waals surface area contributed by atoms with Crippen LogP contribution in [0.2, 0.25) is 5.02 Å². The molecule has 1 amide bonds. The molecular formula is C25H21ClN2O2S. The van der Waals surface area contributed by atoms with Gasteiger partial charge < -0.3 is 9.30 Å². The van der Waals surface area contributed by atoms with Crippen molar-refractivity contribution in [1.29, 1.82) is 0 Å². The molecule has 0 aliphatic heterocycles. The summed E-state index contributed by atoms with van der Waals surface area (Å²) >= 11 is 7.77. The summed E-state index contributed by atoms with van der Waals surface area (Å²) in [6.45, 7) is 1.93. The van der Waals surface area contributed by atoms with Gasteiger partial charge in [-0.2, -0.15) is 4.99 Å². The van der Waals surface area contributed by atoms with Crippen molar-refractivity contribution >= 4 is 28.8 Å².